The topological polar surface area (TPSA) is 141 Å². The molecule has 0 aromatic heterocycles. The van der Waals surface area contributed by atoms with E-state index in [2.05, 4.69) is 0 Å². The molecule has 0 bridgehead atoms. The Morgan fingerprint density at radius 2 is 1.12 bits per heavy atom. The predicted molar refractivity (Wildman–Crippen MR) is 22.8 cm³/mol. The van der Waals surface area contributed by atoms with Crippen LogP contribution in [0.3, 0.4) is 0 Å². The Morgan fingerprint density at radius 3 is 1.12 bits per heavy atom. The van der Waals surface area contributed by atoms with Gasteiger partial charge in [-0.2, -0.15) is 8.42 Å². The van der Waals surface area contributed by atoms with Crippen molar-refractivity contribution < 1.29 is 40.1 Å². The van der Waals surface area contributed by atoms with Crippen LogP contribution < -0.4 is 6.15 Å². The van der Waals surface area contributed by atoms with E-state index in [9.17, 15) is 0 Å². The SMILES string of the molecule is N.O.O=S(=O)(O)O.[Cu]. The molecular formula is H7CuNO5S. The Labute approximate surface area is 57.2 Å². The van der Waals surface area contributed by atoms with Crippen LogP contribution in [0.2, 0.25) is 0 Å². The van der Waals surface area contributed by atoms with Crippen LogP contribution in [0, 0.1) is 0 Å². The van der Waals surface area contributed by atoms with Gasteiger partial charge in [-0.15, -0.1) is 0 Å². The molecule has 8 heavy (non-hydrogen) atoms. The molecule has 0 fully saturated rings. The Hall–Kier alpha value is 0.309. The molecule has 0 aliphatic heterocycles. The smallest absolute Gasteiger partial charge is 0.394 e. The van der Waals surface area contributed by atoms with E-state index in [4.69, 9.17) is 17.5 Å². The van der Waals surface area contributed by atoms with Gasteiger partial charge < -0.3 is 11.6 Å². The zero-order valence-electron chi connectivity index (χ0n) is 3.63. The fourth-order valence-corrected chi connectivity index (χ4v) is 0. The molecule has 0 aliphatic rings. The molecule has 0 unspecified atom stereocenters. The van der Waals surface area contributed by atoms with Gasteiger partial charge in [-0.05, 0) is 0 Å². The number of rotatable bonds is 0. The fraction of sp³-hybridized carbons (Fsp3) is 0. The first kappa shape index (κ1) is 23.9. The third-order valence-corrected chi connectivity index (χ3v) is 0. The van der Waals surface area contributed by atoms with Crippen molar-refractivity contribution in [3.63, 3.8) is 0 Å². The predicted octanol–water partition coefficient (Wildman–Crippen LogP) is -1.32. The van der Waals surface area contributed by atoms with Gasteiger partial charge in [0.25, 0.3) is 0 Å². The van der Waals surface area contributed by atoms with Gasteiger partial charge in [0.1, 0.15) is 0 Å². The summed E-state index contributed by atoms with van der Waals surface area (Å²) in [5.41, 5.74) is 0. The molecule has 0 aromatic carbocycles. The second-order valence-electron chi connectivity index (χ2n) is 0.448. The van der Waals surface area contributed by atoms with Crippen LogP contribution in [-0.4, -0.2) is 23.0 Å². The Kier molecular flexibility index (Phi) is 21.8. The summed E-state index contributed by atoms with van der Waals surface area (Å²) < 4.78 is 31.6. The Morgan fingerprint density at radius 1 is 1.12 bits per heavy atom. The zero-order valence-corrected chi connectivity index (χ0v) is 5.39. The summed E-state index contributed by atoms with van der Waals surface area (Å²) in [5, 5.41) is 0. The van der Waals surface area contributed by atoms with Crippen LogP contribution in [0.1, 0.15) is 0 Å². The molecule has 7 N–H and O–H groups in total. The average molecular weight is 197 g/mol. The monoisotopic (exact) mass is 196 g/mol. The van der Waals surface area contributed by atoms with E-state index in [-0.39, 0.29) is 28.7 Å². The van der Waals surface area contributed by atoms with Crippen LogP contribution in [0.25, 0.3) is 0 Å². The average Bonchev–Trinajstić information content (AvgIpc) is 0.722. The summed E-state index contributed by atoms with van der Waals surface area (Å²) in [6, 6.07) is 0. The van der Waals surface area contributed by atoms with Gasteiger partial charge in [-0.25, -0.2) is 0 Å². The van der Waals surface area contributed by atoms with Crippen molar-refractivity contribution in [3.8, 4) is 0 Å². The molecule has 0 aliphatic carbocycles. The van der Waals surface area contributed by atoms with Crippen molar-refractivity contribution in [1.29, 1.82) is 0 Å². The van der Waals surface area contributed by atoms with Gasteiger partial charge in [0.15, 0.2) is 0 Å². The van der Waals surface area contributed by atoms with Gasteiger partial charge in [-0.3, -0.25) is 9.11 Å². The van der Waals surface area contributed by atoms with Crippen molar-refractivity contribution >= 4 is 10.4 Å². The van der Waals surface area contributed by atoms with Gasteiger partial charge >= 0.3 is 10.4 Å². The van der Waals surface area contributed by atoms with Gasteiger partial charge in [0, 0.05) is 17.1 Å². The van der Waals surface area contributed by atoms with E-state index in [0.29, 0.717) is 0 Å². The summed E-state index contributed by atoms with van der Waals surface area (Å²) in [6.45, 7) is 0. The van der Waals surface area contributed by atoms with Crippen molar-refractivity contribution in [2.24, 2.45) is 0 Å². The molecular weight excluding hydrogens is 190 g/mol. The van der Waals surface area contributed by atoms with Crippen LogP contribution in [0.5, 0.6) is 0 Å². The van der Waals surface area contributed by atoms with Crippen LogP contribution in [-0.2, 0) is 27.5 Å². The Balaban J connectivity index is -0.0000000267. The van der Waals surface area contributed by atoms with Crippen molar-refractivity contribution in [2.75, 3.05) is 0 Å². The summed E-state index contributed by atoms with van der Waals surface area (Å²) in [7, 11) is -4.67. The van der Waals surface area contributed by atoms with E-state index >= 15 is 0 Å². The quantitative estimate of drug-likeness (QED) is 0.326. The molecule has 59 valence electrons. The first-order chi connectivity index (χ1) is 2.00. The molecule has 0 saturated heterocycles. The third-order valence-electron chi connectivity index (χ3n) is 0. The van der Waals surface area contributed by atoms with E-state index < -0.39 is 10.4 Å². The number of hydrogen-bond donors (Lipinski definition) is 3. The maximum atomic E-state index is 8.74. The molecule has 6 nitrogen and oxygen atoms in total. The maximum Gasteiger partial charge on any atom is 0.394 e. The molecule has 0 heterocycles. The van der Waals surface area contributed by atoms with Crippen molar-refractivity contribution in [3.05, 3.63) is 0 Å². The number of hydrogen-bond acceptors (Lipinski definition) is 3. The van der Waals surface area contributed by atoms with Crippen molar-refractivity contribution in [2.45, 2.75) is 0 Å². The van der Waals surface area contributed by atoms with E-state index in [1.165, 1.54) is 0 Å². The van der Waals surface area contributed by atoms with E-state index in [1.54, 1.807) is 0 Å². The molecule has 0 rings (SSSR count). The van der Waals surface area contributed by atoms with Gasteiger partial charge in [0.05, 0.1) is 0 Å². The molecule has 0 atom stereocenters. The van der Waals surface area contributed by atoms with Crippen molar-refractivity contribution in [1.82, 2.24) is 6.15 Å². The van der Waals surface area contributed by atoms with Crippen LogP contribution in [0.15, 0.2) is 0 Å². The molecule has 8 heteroatoms. The first-order valence-corrected chi connectivity index (χ1v) is 2.10. The molecule has 0 amide bonds. The Bertz CT molecular complexity index is 95.6. The van der Waals surface area contributed by atoms with E-state index in [1.807, 2.05) is 0 Å². The maximum absolute atomic E-state index is 8.74. The van der Waals surface area contributed by atoms with E-state index in [0.717, 1.165) is 0 Å². The minimum absolute atomic E-state index is 0. The third kappa shape index (κ3) is 1860. The summed E-state index contributed by atoms with van der Waals surface area (Å²) in [5.74, 6) is 0. The minimum Gasteiger partial charge on any atom is -0.412 e. The van der Waals surface area contributed by atoms with Gasteiger partial charge in [0.2, 0.25) is 0 Å². The fourth-order valence-electron chi connectivity index (χ4n) is 0. The molecule has 0 saturated carbocycles. The summed E-state index contributed by atoms with van der Waals surface area (Å²) in [4.78, 5) is 0. The summed E-state index contributed by atoms with van der Waals surface area (Å²) >= 11 is 0. The zero-order chi connectivity index (χ0) is 4.50. The van der Waals surface area contributed by atoms with Gasteiger partial charge in [-0.1, -0.05) is 0 Å². The first-order valence-electron chi connectivity index (χ1n) is 0.698. The molecule has 0 aromatic rings. The molecule has 0 spiro atoms. The van der Waals surface area contributed by atoms with Crippen LogP contribution in [0.4, 0.5) is 0 Å². The summed E-state index contributed by atoms with van der Waals surface area (Å²) in [6.07, 6.45) is 0. The second-order valence-corrected chi connectivity index (χ2v) is 1.34. The van der Waals surface area contributed by atoms with Crippen LogP contribution >= 0.6 is 0 Å². The second kappa shape index (κ2) is 7.31. The standard InChI is InChI=1S/Cu.H3N.H2O4S.H2O/c;;1-5(2,3)4;/h;1H3;(H2,1,2,3,4);1H2. The minimum atomic E-state index is -4.67. The normalized spacial score (nSPS) is 7.25. The molecule has 1 radical (unpaired) electrons. The largest absolute Gasteiger partial charge is 0.412 e.